The summed E-state index contributed by atoms with van der Waals surface area (Å²) in [5.74, 6) is -0.254. The molecule has 0 bridgehead atoms. The smallest absolute Gasteiger partial charge is 0.330 e. The zero-order valence-electron chi connectivity index (χ0n) is 22.0. The van der Waals surface area contributed by atoms with Crippen LogP contribution >= 0.6 is 0 Å². The minimum atomic E-state index is -0.656. The zero-order valence-corrected chi connectivity index (χ0v) is 22.0. The van der Waals surface area contributed by atoms with Gasteiger partial charge in [0, 0.05) is 30.0 Å². The molecule has 0 radical (unpaired) electrons. The Labute approximate surface area is 210 Å². The Morgan fingerprint density at radius 3 is 2.28 bits per heavy atom. The number of carbonyl (C=O) groups is 2. The molecule has 0 fully saturated rings. The number of amides is 2. The van der Waals surface area contributed by atoms with E-state index in [4.69, 9.17) is 0 Å². The summed E-state index contributed by atoms with van der Waals surface area (Å²) in [4.78, 5) is 58.3. The predicted octanol–water partition coefficient (Wildman–Crippen LogP) is 3.81. The molecule has 0 unspecified atom stereocenters. The molecular formula is C27H35N5O4. The Kier molecular flexibility index (Phi) is 8.12. The lowest BCUT2D eigenvalue weighted by molar-refractivity contribution is 0.0948. The molecule has 3 rings (SSSR count). The van der Waals surface area contributed by atoms with E-state index in [-0.39, 0.29) is 34.3 Å². The van der Waals surface area contributed by atoms with Gasteiger partial charge < -0.3 is 10.6 Å². The van der Waals surface area contributed by atoms with Gasteiger partial charge in [0.1, 0.15) is 0 Å². The van der Waals surface area contributed by atoms with Gasteiger partial charge in [-0.1, -0.05) is 41.5 Å². The van der Waals surface area contributed by atoms with Gasteiger partial charge in [0.05, 0.1) is 10.9 Å². The monoisotopic (exact) mass is 493 g/mol. The summed E-state index contributed by atoms with van der Waals surface area (Å²) >= 11 is 0. The second-order valence-corrected chi connectivity index (χ2v) is 10.3. The molecule has 2 aromatic heterocycles. The average Bonchev–Trinajstić information content (AvgIpc) is 2.80. The number of carbonyl (C=O) groups excluding carboxylic acids is 2. The van der Waals surface area contributed by atoms with Crippen LogP contribution in [-0.2, 0) is 6.54 Å². The van der Waals surface area contributed by atoms with E-state index in [1.807, 2.05) is 41.5 Å². The number of rotatable bonds is 8. The molecule has 36 heavy (non-hydrogen) atoms. The topological polar surface area (TPSA) is 126 Å². The van der Waals surface area contributed by atoms with Crippen LogP contribution in [0.3, 0.4) is 0 Å². The van der Waals surface area contributed by atoms with Crippen molar-refractivity contribution in [2.24, 2.45) is 11.8 Å². The molecule has 0 aliphatic carbocycles. The maximum absolute atomic E-state index is 13.5. The van der Waals surface area contributed by atoms with Crippen LogP contribution in [0.2, 0.25) is 0 Å². The van der Waals surface area contributed by atoms with Crippen molar-refractivity contribution in [3.63, 3.8) is 0 Å². The lowest BCUT2D eigenvalue weighted by Gasteiger charge is -2.16. The Bertz CT molecular complexity index is 1420. The van der Waals surface area contributed by atoms with Crippen molar-refractivity contribution in [1.29, 1.82) is 0 Å². The summed E-state index contributed by atoms with van der Waals surface area (Å²) in [6.07, 6.45) is 0. The van der Waals surface area contributed by atoms with Gasteiger partial charge in [0.15, 0.2) is 5.65 Å². The highest BCUT2D eigenvalue weighted by atomic mass is 16.2. The van der Waals surface area contributed by atoms with E-state index in [0.29, 0.717) is 41.5 Å². The van der Waals surface area contributed by atoms with Gasteiger partial charge in [-0.05, 0) is 54.5 Å². The van der Waals surface area contributed by atoms with Crippen LogP contribution in [0, 0.1) is 18.8 Å². The van der Waals surface area contributed by atoms with Crippen molar-refractivity contribution in [3.8, 4) is 0 Å². The Hall–Kier alpha value is -3.75. The quantitative estimate of drug-likeness (QED) is 0.440. The SMILES string of the molecule is Cc1cc(C(=O)NCC(C)C)ccc1NC(=O)c1cc(C(C)C)nc2c1c(=O)[nH]c(=O)n2CC(C)C. The number of hydrogen-bond donors (Lipinski definition) is 3. The van der Waals surface area contributed by atoms with E-state index in [1.54, 1.807) is 31.2 Å². The number of anilines is 1. The molecule has 0 saturated carbocycles. The number of nitrogens with one attached hydrogen (secondary N) is 3. The molecule has 0 saturated heterocycles. The van der Waals surface area contributed by atoms with Crippen molar-refractivity contribution < 1.29 is 9.59 Å². The number of aromatic amines is 1. The fraction of sp³-hybridized carbons (Fsp3) is 0.444. The van der Waals surface area contributed by atoms with Crippen LogP contribution < -0.4 is 21.9 Å². The molecule has 3 aromatic rings. The van der Waals surface area contributed by atoms with Crippen LogP contribution in [0.4, 0.5) is 5.69 Å². The number of benzene rings is 1. The number of nitrogens with zero attached hydrogens (tertiary/aromatic N) is 2. The lowest BCUT2D eigenvalue weighted by atomic mass is 10.0. The number of aryl methyl sites for hydroxylation is 1. The Balaban J connectivity index is 2.06. The molecule has 0 spiro atoms. The maximum atomic E-state index is 13.5. The summed E-state index contributed by atoms with van der Waals surface area (Å²) in [5.41, 5.74) is 1.45. The number of H-pyrrole nitrogens is 1. The summed E-state index contributed by atoms with van der Waals surface area (Å²) in [5, 5.41) is 5.81. The molecule has 2 amide bonds. The number of fused-ring (bicyclic) bond motifs is 1. The van der Waals surface area contributed by atoms with E-state index >= 15 is 0 Å². The first-order chi connectivity index (χ1) is 16.9. The van der Waals surface area contributed by atoms with Gasteiger partial charge in [0.25, 0.3) is 17.4 Å². The summed E-state index contributed by atoms with van der Waals surface area (Å²) in [6, 6.07) is 6.63. The van der Waals surface area contributed by atoms with Crippen molar-refractivity contribution in [3.05, 3.63) is 67.5 Å². The average molecular weight is 494 g/mol. The minimum absolute atomic E-state index is 0.0341. The molecule has 3 N–H and O–H groups in total. The highest BCUT2D eigenvalue weighted by Gasteiger charge is 2.21. The molecule has 0 aliphatic rings. The third-order valence-electron chi connectivity index (χ3n) is 5.76. The summed E-state index contributed by atoms with van der Waals surface area (Å²) in [6.45, 7) is 14.5. The Morgan fingerprint density at radius 2 is 1.69 bits per heavy atom. The van der Waals surface area contributed by atoms with Gasteiger partial charge in [-0.15, -0.1) is 0 Å². The first-order valence-electron chi connectivity index (χ1n) is 12.3. The molecule has 0 atom stereocenters. The van der Waals surface area contributed by atoms with Gasteiger partial charge in [0.2, 0.25) is 0 Å². The normalized spacial score (nSPS) is 11.5. The number of hydrogen-bond acceptors (Lipinski definition) is 5. The molecule has 0 aliphatic heterocycles. The van der Waals surface area contributed by atoms with Gasteiger partial charge in [-0.25, -0.2) is 9.78 Å². The van der Waals surface area contributed by atoms with Crippen LogP contribution in [0.5, 0.6) is 0 Å². The van der Waals surface area contributed by atoms with E-state index in [1.165, 1.54) is 4.57 Å². The van der Waals surface area contributed by atoms with E-state index in [0.717, 1.165) is 0 Å². The van der Waals surface area contributed by atoms with E-state index in [2.05, 4.69) is 20.6 Å². The first-order valence-corrected chi connectivity index (χ1v) is 12.3. The highest BCUT2D eigenvalue weighted by Crippen LogP contribution is 2.23. The molecule has 192 valence electrons. The van der Waals surface area contributed by atoms with Crippen LogP contribution in [-0.4, -0.2) is 32.9 Å². The van der Waals surface area contributed by atoms with Crippen molar-refractivity contribution >= 4 is 28.5 Å². The predicted molar refractivity (Wildman–Crippen MR) is 142 cm³/mol. The maximum Gasteiger partial charge on any atom is 0.330 e. The van der Waals surface area contributed by atoms with Gasteiger partial charge in [-0.2, -0.15) is 0 Å². The summed E-state index contributed by atoms with van der Waals surface area (Å²) in [7, 11) is 0. The van der Waals surface area contributed by atoms with Crippen molar-refractivity contribution in [2.45, 2.75) is 60.9 Å². The molecule has 1 aromatic carbocycles. The van der Waals surface area contributed by atoms with Crippen molar-refractivity contribution in [1.82, 2.24) is 19.9 Å². The zero-order chi connectivity index (χ0) is 26.7. The molecule has 9 nitrogen and oxygen atoms in total. The third kappa shape index (κ3) is 5.90. The lowest BCUT2D eigenvalue weighted by Crippen LogP contribution is -2.33. The van der Waals surface area contributed by atoms with E-state index in [9.17, 15) is 19.2 Å². The molecule has 2 heterocycles. The number of aromatic nitrogens is 3. The van der Waals surface area contributed by atoms with Crippen LogP contribution in [0.1, 0.15) is 79.4 Å². The molecule has 9 heteroatoms. The van der Waals surface area contributed by atoms with Crippen molar-refractivity contribution in [2.75, 3.05) is 11.9 Å². The third-order valence-corrected chi connectivity index (χ3v) is 5.76. The second-order valence-electron chi connectivity index (χ2n) is 10.3. The first kappa shape index (κ1) is 26.8. The second kappa shape index (κ2) is 10.9. The largest absolute Gasteiger partial charge is 0.352 e. The van der Waals surface area contributed by atoms with E-state index < -0.39 is 17.2 Å². The van der Waals surface area contributed by atoms with Crippen LogP contribution in [0.15, 0.2) is 33.9 Å². The Morgan fingerprint density at radius 1 is 1.00 bits per heavy atom. The fourth-order valence-corrected chi connectivity index (χ4v) is 3.84. The highest BCUT2D eigenvalue weighted by molar-refractivity contribution is 6.12. The standard InChI is InChI=1S/C27H35N5O4/c1-14(2)12-28-24(33)18-8-9-20(17(7)10-18)30-25(34)19-11-21(16(5)6)29-23-22(19)26(35)31-27(36)32(23)13-15(3)4/h8-11,14-16H,12-13H2,1-7H3,(H,28,33)(H,30,34)(H,31,35,36). The van der Waals surface area contributed by atoms with Crippen LogP contribution in [0.25, 0.3) is 11.0 Å². The minimum Gasteiger partial charge on any atom is -0.352 e. The van der Waals surface area contributed by atoms with Gasteiger partial charge in [-0.3, -0.25) is 23.9 Å². The summed E-state index contributed by atoms with van der Waals surface area (Å²) < 4.78 is 1.42. The van der Waals surface area contributed by atoms with Gasteiger partial charge >= 0.3 is 5.69 Å². The number of pyridine rings is 1. The molecular weight excluding hydrogens is 458 g/mol. The fourth-order valence-electron chi connectivity index (χ4n) is 3.84.